The average molecular weight is 439 g/mol. The second kappa shape index (κ2) is 7.65. The highest BCUT2D eigenvalue weighted by Gasteiger charge is 2.63. The van der Waals surface area contributed by atoms with E-state index in [9.17, 15) is 8.42 Å². The van der Waals surface area contributed by atoms with Crippen molar-refractivity contribution >= 4 is 9.84 Å². The number of aryl methyl sites for hydroxylation is 2. The summed E-state index contributed by atoms with van der Waals surface area (Å²) in [6, 6.07) is 13.6. The number of hydrogen-bond donors (Lipinski definition) is 0. The van der Waals surface area contributed by atoms with E-state index in [2.05, 4.69) is 13.0 Å². The smallest absolute Gasteiger partial charge is 0.188 e. The molecule has 3 aliphatic rings. The molecule has 0 aromatic heterocycles. The number of benzene rings is 2. The standard InChI is InChI=1S/C27H34O3S/c1-20-9-7-10-22(17-20)31(28,29)27-16-8-15-26(13-5-3-4-6-14-26)25(27)19-30-24-12-11-21(2)18-23(24)27/h7,9-12,17-18,25H,3-6,8,13-16,19H2,1-2H3. The van der Waals surface area contributed by atoms with Gasteiger partial charge in [0.2, 0.25) is 0 Å². The molecule has 2 aliphatic carbocycles. The van der Waals surface area contributed by atoms with E-state index >= 15 is 0 Å². The molecule has 2 unspecified atom stereocenters. The normalized spacial score (nSPS) is 27.6. The Morgan fingerprint density at radius 3 is 2.29 bits per heavy atom. The quantitative estimate of drug-likeness (QED) is 0.537. The SMILES string of the molecule is Cc1cccc(S(=O)(=O)C23CCCC4(CCCCCC4)C2COc2ccc(C)cc23)c1. The lowest BCUT2D eigenvalue weighted by atomic mass is 9.56. The maximum atomic E-state index is 14.6. The van der Waals surface area contributed by atoms with Gasteiger partial charge in [0.15, 0.2) is 9.84 Å². The van der Waals surface area contributed by atoms with E-state index in [0.717, 1.165) is 48.1 Å². The van der Waals surface area contributed by atoms with Crippen LogP contribution in [0.3, 0.4) is 0 Å². The molecule has 166 valence electrons. The fourth-order valence-corrected chi connectivity index (χ4v) is 9.52. The van der Waals surface area contributed by atoms with E-state index in [4.69, 9.17) is 4.74 Å². The third-order valence-electron chi connectivity index (χ3n) is 8.40. The maximum Gasteiger partial charge on any atom is 0.188 e. The van der Waals surface area contributed by atoms with Gasteiger partial charge in [-0.1, -0.05) is 61.9 Å². The fraction of sp³-hybridized carbons (Fsp3) is 0.556. The van der Waals surface area contributed by atoms with Crippen LogP contribution < -0.4 is 4.74 Å². The highest BCUT2D eigenvalue weighted by atomic mass is 32.2. The highest BCUT2D eigenvalue weighted by molar-refractivity contribution is 7.92. The second-order valence-corrected chi connectivity index (χ2v) is 12.4. The Morgan fingerprint density at radius 2 is 1.55 bits per heavy atom. The van der Waals surface area contributed by atoms with Crippen LogP contribution in [0.2, 0.25) is 0 Å². The molecule has 2 saturated carbocycles. The van der Waals surface area contributed by atoms with Crippen LogP contribution in [-0.4, -0.2) is 15.0 Å². The summed E-state index contributed by atoms with van der Waals surface area (Å²) >= 11 is 0. The first-order valence-corrected chi connectivity index (χ1v) is 13.4. The molecule has 0 radical (unpaired) electrons. The summed E-state index contributed by atoms with van der Waals surface area (Å²) in [5.74, 6) is 0.774. The highest BCUT2D eigenvalue weighted by Crippen LogP contribution is 2.63. The van der Waals surface area contributed by atoms with Gasteiger partial charge in [-0.05, 0) is 68.7 Å². The monoisotopic (exact) mass is 438 g/mol. The van der Waals surface area contributed by atoms with Crippen molar-refractivity contribution in [1.82, 2.24) is 0 Å². The summed E-state index contributed by atoms with van der Waals surface area (Å²) in [5.41, 5.74) is 3.06. The summed E-state index contributed by atoms with van der Waals surface area (Å²) in [5, 5.41) is 0. The summed E-state index contributed by atoms with van der Waals surface area (Å²) in [6.45, 7) is 4.55. The number of ether oxygens (including phenoxy) is 1. The van der Waals surface area contributed by atoms with Crippen molar-refractivity contribution in [3.05, 3.63) is 59.2 Å². The Bertz CT molecular complexity index is 1080. The zero-order valence-corrected chi connectivity index (χ0v) is 19.6. The molecular weight excluding hydrogens is 404 g/mol. The Labute approximate surface area is 187 Å². The zero-order valence-electron chi connectivity index (χ0n) is 18.8. The molecule has 1 aliphatic heterocycles. The zero-order chi connectivity index (χ0) is 21.7. The van der Waals surface area contributed by atoms with Crippen molar-refractivity contribution in [2.45, 2.75) is 81.3 Å². The van der Waals surface area contributed by atoms with Crippen LogP contribution in [-0.2, 0) is 14.6 Å². The second-order valence-electron chi connectivity index (χ2n) is 10.2. The van der Waals surface area contributed by atoms with Gasteiger partial charge in [-0.25, -0.2) is 8.42 Å². The van der Waals surface area contributed by atoms with Crippen LogP contribution in [0.15, 0.2) is 47.4 Å². The minimum absolute atomic E-state index is 0.00617. The van der Waals surface area contributed by atoms with Crippen molar-refractivity contribution in [3.8, 4) is 5.75 Å². The van der Waals surface area contributed by atoms with Crippen LogP contribution in [0, 0.1) is 25.2 Å². The van der Waals surface area contributed by atoms with Gasteiger partial charge in [-0.15, -0.1) is 0 Å². The molecule has 2 fully saturated rings. The molecular formula is C27H34O3S. The number of rotatable bonds is 2. The molecule has 5 rings (SSSR count). The van der Waals surface area contributed by atoms with Crippen molar-refractivity contribution in [2.75, 3.05) is 6.61 Å². The average Bonchev–Trinajstić information content (AvgIpc) is 3.00. The molecule has 0 saturated heterocycles. The van der Waals surface area contributed by atoms with Gasteiger partial charge in [0, 0.05) is 11.5 Å². The third-order valence-corrected chi connectivity index (χ3v) is 10.9. The lowest BCUT2D eigenvalue weighted by Gasteiger charge is -2.56. The van der Waals surface area contributed by atoms with E-state index < -0.39 is 14.6 Å². The molecule has 4 heteroatoms. The molecule has 2 aromatic rings. The van der Waals surface area contributed by atoms with Crippen LogP contribution >= 0.6 is 0 Å². The minimum Gasteiger partial charge on any atom is -0.493 e. The number of sulfone groups is 1. The Morgan fingerprint density at radius 1 is 0.839 bits per heavy atom. The molecule has 2 aromatic carbocycles. The molecule has 1 heterocycles. The van der Waals surface area contributed by atoms with Gasteiger partial charge in [-0.3, -0.25) is 0 Å². The summed E-state index contributed by atoms with van der Waals surface area (Å²) in [7, 11) is -3.60. The lowest BCUT2D eigenvalue weighted by molar-refractivity contribution is -0.00905. The van der Waals surface area contributed by atoms with Gasteiger partial charge < -0.3 is 4.74 Å². The predicted octanol–water partition coefficient (Wildman–Crippen LogP) is 6.51. The van der Waals surface area contributed by atoms with Crippen molar-refractivity contribution < 1.29 is 13.2 Å². The van der Waals surface area contributed by atoms with Gasteiger partial charge in [0.1, 0.15) is 10.5 Å². The summed E-state index contributed by atoms with van der Waals surface area (Å²) in [6.07, 6.45) is 10.00. The molecule has 2 atom stereocenters. The molecule has 0 amide bonds. The summed E-state index contributed by atoms with van der Waals surface area (Å²) < 4.78 is 34.7. The number of hydrogen-bond acceptors (Lipinski definition) is 3. The van der Waals surface area contributed by atoms with Crippen LogP contribution in [0.4, 0.5) is 0 Å². The lowest BCUT2D eigenvalue weighted by Crippen LogP contribution is -2.57. The predicted molar refractivity (Wildman–Crippen MR) is 124 cm³/mol. The topological polar surface area (TPSA) is 43.4 Å². The van der Waals surface area contributed by atoms with Crippen molar-refractivity contribution in [1.29, 1.82) is 0 Å². The van der Waals surface area contributed by atoms with Gasteiger partial charge in [0.25, 0.3) is 0 Å². The Hall–Kier alpha value is -1.81. The van der Waals surface area contributed by atoms with E-state index in [-0.39, 0.29) is 11.3 Å². The number of fused-ring (bicyclic) bond motifs is 4. The van der Waals surface area contributed by atoms with E-state index in [0.29, 0.717) is 17.9 Å². The van der Waals surface area contributed by atoms with Crippen LogP contribution in [0.5, 0.6) is 5.75 Å². The Balaban J connectivity index is 1.77. The van der Waals surface area contributed by atoms with E-state index in [1.807, 2.05) is 37.3 Å². The molecule has 3 nitrogen and oxygen atoms in total. The van der Waals surface area contributed by atoms with Crippen molar-refractivity contribution in [2.24, 2.45) is 11.3 Å². The van der Waals surface area contributed by atoms with Crippen LogP contribution in [0.1, 0.15) is 74.5 Å². The maximum absolute atomic E-state index is 14.6. The fourth-order valence-electron chi connectivity index (χ4n) is 6.94. The molecule has 0 N–H and O–H groups in total. The van der Waals surface area contributed by atoms with Gasteiger partial charge >= 0.3 is 0 Å². The largest absolute Gasteiger partial charge is 0.493 e. The first-order valence-electron chi connectivity index (χ1n) is 11.9. The van der Waals surface area contributed by atoms with Crippen molar-refractivity contribution in [3.63, 3.8) is 0 Å². The molecule has 1 spiro atoms. The van der Waals surface area contributed by atoms with Gasteiger partial charge in [-0.2, -0.15) is 0 Å². The Kier molecular flexibility index (Phi) is 5.20. The van der Waals surface area contributed by atoms with E-state index in [1.54, 1.807) is 6.07 Å². The summed E-state index contributed by atoms with van der Waals surface area (Å²) in [4.78, 5) is 0.470. The first-order chi connectivity index (χ1) is 14.9. The molecule has 31 heavy (non-hydrogen) atoms. The first kappa shape index (κ1) is 21.1. The third kappa shape index (κ3) is 3.16. The molecule has 0 bridgehead atoms. The van der Waals surface area contributed by atoms with Crippen LogP contribution in [0.25, 0.3) is 0 Å². The van der Waals surface area contributed by atoms with E-state index in [1.165, 1.54) is 25.7 Å². The van der Waals surface area contributed by atoms with Gasteiger partial charge in [0.05, 0.1) is 11.5 Å². The minimum atomic E-state index is -3.60.